The van der Waals surface area contributed by atoms with Crippen molar-refractivity contribution in [2.24, 2.45) is 0 Å². The average Bonchev–Trinajstić information content (AvgIpc) is 3.05. The normalized spacial score (nSPS) is 19.9. The Kier molecular flexibility index (Phi) is 3.44. The van der Waals surface area contributed by atoms with E-state index in [2.05, 4.69) is 34.0 Å². The SMILES string of the molecule is CC(C)N1CCC(NC(=O)c2ccc3nc[nH]c3c2)C1. The van der Waals surface area contributed by atoms with E-state index < -0.39 is 0 Å². The Balaban J connectivity index is 1.67. The molecule has 1 fully saturated rings. The molecule has 5 heteroatoms. The van der Waals surface area contributed by atoms with E-state index in [0.717, 1.165) is 30.5 Å². The van der Waals surface area contributed by atoms with Crippen LogP contribution in [0.5, 0.6) is 0 Å². The molecule has 0 aliphatic carbocycles. The van der Waals surface area contributed by atoms with E-state index >= 15 is 0 Å². The van der Waals surface area contributed by atoms with Crippen LogP contribution in [-0.4, -0.2) is 45.9 Å². The second kappa shape index (κ2) is 5.25. The number of H-pyrrole nitrogens is 1. The topological polar surface area (TPSA) is 61.0 Å². The van der Waals surface area contributed by atoms with Gasteiger partial charge in [0.05, 0.1) is 17.4 Å². The van der Waals surface area contributed by atoms with Gasteiger partial charge in [-0.05, 0) is 38.5 Å². The highest BCUT2D eigenvalue weighted by Crippen LogP contribution is 2.15. The summed E-state index contributed by atoms with van der Waals surface area (Å²) in [5, 5.41) is 3.12. The van der Waals surface area contributed by atoms with E-state index in [0.29, 0.717) is 11.6 Å². The Hall–Kier alpha value is -1.88. The average molecular weight is 272 g/mol. The summed E-state index contributed by atoms with van der Waals surface area (Å²) in [4.78, 5) is 21.9. The molecule has 1 atom stereocenters. The number of hydrogen-bond donors (Lipinski definition) is 2. The fourth-order valence-electron chi connectivity index (χ4n) is 2.72. The summed E-state index contributed by atoms with van der Waals surface area (Å²) >= 11 is 0. The van der Waals surface area contributed by atoms with Crippen LogP contribution in [-0.2, 0) is 0 Å². The minimum atomic E-state index is -0.00268. The van der Waals surface area contributed by atoms with Gasteiger partial charge in [-0.2, -0.15) is 0 Å². The Bertz CT molecular complexity index is 619. The molecular formula is C15H20N4O. The maximum Gasteiger partial charge on any atom is 0.251 e. The molecular weight excluding hydrogens is 252 g/mol. The number of nitrogens with one attached hydrogen (secondary N) is 2. The Morgan fingerprint density at radius 3 is 3.10 bits per heavy atom. The second-order valence-electron chi connectivity index (χ2n) is 5.68. The van der Waals surface area contributed by atoms with Crippen LogP contribution < -0.4 is 5.32 Å². The number of aromatic nitrogens is 2. The standard InChI is InChI=1S/C15H20N4O/c1-10(2)19-6-5-12(8-19)18-15(20)11-3-4-13-14(7-11)17-9-16-13/h3-4,7,9-10,12H,5-6,8H2,1-2H3,(H,16,17)(H,18,20). The zero-order valence-corrected chi connectivity index (χ0v) is 11.9. The molecule has 5 nitrogen and oxygen atoms in total. The highest BCUT2D eigenvalue weighted by molar-refractivity contribution is 5.97. The van der Waals surface area contributed by atoms with Crippen LogP contribution >= 0.6 is 0 Å². The van der Waals surface area contributed by atoms with Gasteiger partial charge in [-0.25, -0.2) is 4.98 Å². The highest BCUT2D eigenvalue weighted by atomic mass is 16.1. The van der Waals surface area contributed by atoms with Crippen molar-refractivity contribution in [2.45, 2.75) is 32.4 Å². The fourth-order valence-corrected chi connectivity index (χ4v) is 2.72. The zero-order valence-electron chi connectivity index (χ0n) is 11.9. The lowest BCUT2D eigenvalue weighted by molar-refractivity contribution is 0.0937. The molecule has 1 aromatic carbocycles. The van der Waals surface area contributed by atoms with Crippen molar-refractivity contribution in [3.8, 4) is 0 Å². The van der Waals surface area contributed by atoms with Crippen molar-refractivity contribution in [1.29, 1.82) is 0 Å². The number of rotatable bonds is 3. The number of carbonyl (C=O) groups is 1. The number of fused-ring (bicyclic) bond motifs is 1. The number of nitrogens with zero attached hydrogens (tertiary/aromatic N) is 2. The summed E-state index contributed by atoms with van der Waals surface area (Å²) in [6, 6.07) is 6.34. The van der Waals surface area contributed by atoms with Crippen molar-refractivity contribution >= 4 is 16.9 Å². The molecule has 0 bridgehead atoms. The first kappa shape index (κ1) is 13.1. The first-order valence-electron chi connectivity index (χ1n) is 7.11. The van der Waals surface area contributed by atoms with Crippen LogP contribution in [0.15, 0.2) is 24.5 Å². The lowest BCUT2D eigenvalue weighted by atomic mass is 10.1. The van der Waals surface area contributed by atoms with Crippen LogP contribution in [0.25, 0.3) is 11.0 Å². The zero-order chi connectivity index (χ0) is 14.1. The fraction of sp³-hybridized carbons (Fsp3) is 0.467. The molecule has 20 heavy (non-hydrogen) atoms. The van der Waals surface area contributed by atoms with Crippen LogP contribution in [0.4, 0.5) is 0 Å². The van der Waals surface area contributed by atoms with Crippen LogP contribution in [0.2, 0.25) is 0 Å². The van der Waals surface area contributed by atoms with Gasteiger partial charge in [-0.1, -0.05) is 0 Å². The molecule has 1 amide bonds. The van der Waals surface area contributed by atoms with E-state index in [1.807, 2.05) is 18.2 Å². The van der Waals surface area contributed by atoms with Crippen LogP contribution in [0, 0.1) is 0 Å². The van der Waals surface area contributed by atoms with E-state index in [9.17, 15) is 4.79 Å². The largest absolute Gasteiger partial charge is 0.348 e. The molecule has 1 saturated heterocycles. The summed E-state index contributed by atoms with van der Waals surface area (Å²) in [7, 11) is 0. The lowest BCUT2D eigenvalue weighted by Gasteiger charge is -2.20. The summed E-state index contributed by atoms with van der Waals surface area (Å²) in [5.41, 5.74) is 2.46. The van der Waals surface area contributed by atoms with Gasteiger partial charge in [-0.15, -0.1) is 0 Å². The molecule has 1 aliphatic rings. The summed E-state index contributed by atoms with van der Waals surface area (Å²) < 4.78 is 0. The van der Waals surface area contributed by atoms with Gasteiger partial charge in [-0.3, -0.25) is 9.69 Å². The van der Waals surface area contributed by atoms with Crippen molar-refractivity contribution < 1.29 is 4.79 Å². The number of imidazole rings is 1. The van der Waals surface area contributed by atoms with E-state index in [-0.39, 0.29) is 11.9 Å². The second-order valence-corrected chi connectivity index (χ2v) is 5.68. The summed E-state index contributed by atoms with van der Waals surface area (Å²) in [5.74, 6) is -0.00268. The Morgan fingerprint density at radius 2 is 2.35 bits per heavy atom. The van der Waals surface area contributed by atoms with Crippen molar-refractivity contribution in [3.63, 3.8) is 0 Å². The summed E-state index contributed by atoms with van der Waals surface area (Å²) in [6.45, 7) is 6.38. The van der Waals surface area contributed by atoms with Gasteiger partial charge in [0, 0.05) is 30.7 Å². The van der Waals surface area contributed by atoms with Crippen LogP contribution in [0.1, 0.15) is 30.6 Å². The first-order chi connectivity index (χ1) is 9.63. The van der Waals surface area contributed by atoms with Gasteiger partial charge in [0.25, 0.3) is 5.91 Å². The molecule has 1 aromatic heterocycles. The van der Waals surface area contributed by atoms with Gasteiger partial charge < -0.3 is 10.3 Å². The highest BCUT2D eigenvalue weighted by Gasteiger charge is 2.25. The van der Waals surface area contributed by atoms with Crippen molar-refractivity contribution in [2.75, 3.05) is 13.1 Å². The number of likely N-dealkylation sites (tertiary alicyclic amines) is 1. The molecule has 1 aliphatic heterocycles. The van der Waals surface area contributed by atoms with Crippen molar-refractivity contribution in [1.82, 2.24) is 20.2 Å². The number of benzene rings is 1. The summed E-state index contributed by atoms with van der Waals surface area (Å²) in [6.07, 6.45) is 2.67. The monoisotopic (exact) mass is 272 g/mol. The van der Waals surface area contributed by atoms with E-state index in [4.69, 9.17) is 0 Å². The van der Waals surface area contributed by atoms with Gasteiger partial charge in [0.1, 0.15) is 0 Å². The van der Waals surface area contributed by atoms with E-state index in [1.54, 1.807) is 6.33 Å². The smallest absolute Gasteiger partial charge is 0.251 e. The molecule has 106 valence electrons. The first-order valence-corrected chi connectivity index (χ1v) is 7.11. The van der Waals surface area contributed by atoms with Gasteiger partial charge in [0.15, 0.2) is 0 Å². The predicted octanol–water partition coefficient (Wildman–Crippen LogP) is 1.78. The molecule has 0 saturated carbocycles. The minimum Gasteiger partial charge on any atom is -0.348 e. The minimum absolute atomic E-state index is 0.00268. The molecule has 2 heterocycles. The number of carbonyl (C=O) groups excluding carboxylic acids is 1. The van der Waals surface area contributed by atoms with Gasteiger partial charge in [0.2, 0.25) is 0 Å². The molecule has 3 rings (SSSR count). The van der Waals surface area contributed by atoms with Crippen LogP contribution in [0.3, 0.4) is 0 Å². The quantitative estimate of drug-likeness (QED) is 0.895. The Labute approximate surface area is 118 Å². The third-order valence-electron chi connectivity index (χ3n) is 3.97. The van der Waals surface area contributed by atoms with Crippen molar-refractivity contribution in [3.05, 3.63) is 30.1 Å². The number of hydrogen-bond acceptors (Lipinski definition) is 3. The number of amides is 1. The maximum absolute atomic E-state index is 12.3. The lowest BCUT2D eigenvalue weighted by Crippen LogP contribution is -2.38. The molecule has 2 N–H and O–H groups in total. The molecule has 2 aromatic rings. The third-order valence-corrected chi connectivity index (χ3v) is 3.97. The number of aromatic amines is 1. The Morgan fingerprint density at radius 1 is 1.50 bits per heavy atom. The third kappa shape index (κ3) is 2.54. The molecule has 1 unspecified atom stereocenters. The predicted molar refractivity (Wildman–Crippen MR) is 78.7 cm³/mol. The maximum atomic E-state index is 12.3. The van der Waals surface area contributed by atoms with E-state index in [1.165, 1.54) is 0 Å². The van der Waals surface area contributed by atoms with Gasteiger partial charge >= 0.3 is 0 Å². The molecule has 0 radical (unpaired) electrons. The molecule has 0 spiro atoms.